The van der Waals surface area contributed by atoms with Crippen LogP contribution in [0.15, 0.2) is 18.2 Å². The first-order chi connectivity index (χ1) is 9.06. The van der Waals surface area contributed by atoms with Crippen LogP contribution in [0.3, 0.4) is 0 Å². The van der Waals surface area contributed by atoms with Gasteiger partial charge in [0.25, 0.3) is 0 Å². The number of aromatic nitrogens is 1. The predicted octanol–water partition coefficient (Wildman–Crippen LogP) is 2.07. The van der Waals surface area contributed by atoms with Gasteiger partial charge in [0.1, 0.15) is 0 Å². The number of nitrogens with one attached hydrogen (secondary N) is 2. The van der Waals surface area contributed by atoms with Crippen LogP contribution >= 0.6 is 11.3 Å². The number of aryl methyl sites for hydroxylation is 1. The Bertz CT molecular complexity index is 621. The zero-order chi connectivity index (χ0) is 13.8. The number of anilines is 1. The highest BCUT2D eigenvalue weighted by atomic mass is 32.1. The van der Waals surface area contributed by atoms with Crippen molar-refractivity contribution in [2.45, 2.75) is 20.3 Å². The monoisotopic (exact) mass is 277 g/mol. The second-order valence-corrected chi connectivity index (χ2v) is 5.25. The number of fused-ring (bicyclic) bond motifs is 1. The lowest BCUT2D eigenvalue weighted by Gasteiger charge is -2.01. The first-order valence-electron chi connectivity index (χ1n) is 5.96. The van der Waals surface area contributed by atoms with E-state index >= 15 is 0 Å². The van der Waals surface area contributed by atoms with Crippen LogP contribution in [0, 0.1) is 6.92 Å². The lowest BCUT2D eigenvalue weighted by Crippen LogP contribution is -2.25. The molecule has 0 spiro atoms. The Morgan fingerprint density at radius 2 is 2.16 bits per heavy atom. The summed E-state index contributed by atoms with van der Waals surface area (Å²) in [5.74, 6) is -0.283. The molecule has 0 aliphatic heterocycles. The summed E-state index contributed by atoms with van der Waals surface area (Å²) in [6, 6.07) is 5.94. The van der Waals surface area contributed by atoms with E-state index in [1.165, 1.54) is 18.3 Å². The van der Waals surface area contributed by atoms with E-state index in [1.807, 2.05) is 25.1 Å². The van der Waals surface area contributed by atoms with Crippen LogP contribution in [-0.2, 0) is 9.59 Å². The third-order valence-electron chi connectivity index (χ3n) is 2.59. The summed E-state index contributed by atoms with van der Waals surface area (Å²) < 4.78 is 1.05. The molecule has 2 rings (SSSR count). The highest BCUT2D eigenvalue weighted by Gasteiger charge is 2.08. The lowest BCUT2D eigenvalue weighted by atomic mass is 10.2. The Labute approximate surface area is 115 Å². The summed E-state index contributed by atoms with van der Waals surface area (Å²) in [4.78, 5) is 26.7. The topological polar surface area (TPSA) is 71.1 Å². The smallest absolute Gasteiger partial charge is 0.227 e. The van der Waals surface area contributed by atoms with Crippen LogP contribution < -0.4 is 10.6 Å². The molecule has 0 bridgehead atoms. The molecule has 100 valence electrons. The maximum Gasteiger partial charge on any atom is 0.227 e. The molecule has 2 N–H and O–H groups in total. The van der Waals surface area contributed by atoms with Gasteiger partial charge in [-0.15, -0.1) is 0 Å². The number of benzene rings is 1. The van der Waals surface area contributed by atoms with Gasteiger partial charge in [0.05, 0.1) is 10.2 Å². The largest absolute Gasteiger partial charge is 0.356 e. The van der Waals surface area contributed by atoms with Gasteiger partial charge in [-0.3, -0.25) is 9.59 Å². The van der Waals surface area contributed by atoms with Crippen LogP contribution in [0.5, 0.6) is 0 Å². The van der Waals surface area contributed by atoms with Crippen LogP contribution in [-0.4, -0.2) is 23.3 Å². The summed E-state index contributed by atoms with van der Waals surface area (Å²) in [6.45, 7) is 3.75. The molecule has 5 nitrogen and oxygen atoms in total. The average Bonchev–Trinajstić information content (AvgIpc) is 2.72. The second-order valence-electron chi connectivity index (χ2n) is 4.22. The summed E-state index contributed by atoms with van der Waals surface area (Å²) >= 11 is 1.45. The number of carbonyl (C=O) groups excluding carboxylic acids is 2. The first-order valence-corrected chi connectivity index (χ1v) is 6.78. The molecule has 0 radical (unpaired) electrons. The molecule has 2 aromatic rings. The Morgan fingerprint density at radius 3 is 2.84 bits per heavy atom. The number of amides is 2. The highest BCUT2D eigenvalue weighted by molar-refractivity contribution is 7.22. The van der Waals surface area contributed by atoms with Crippen molar-refractivity contribution in [3.63, 3.8) is 0 Å². The van der Waals surface area contributed by atoms with Gasteiger partial charge in [0, 0.05) is 19.9 Å². The normalized spacial score (nSPS) is 10.4. The molecule has 19 heavy (non-hydrogen) atoms. The van der Waals surface area contributed by atoms with E-state index in [0.717, 1.165) is 15.8 Å². The molecule has 0 saturated heterocycles. The number of hydrogen-bond acceptors (Lipinski definition) is 4. The SMILES string of the molecule is CC(=O)NCCC(=O)Nc1nc2c(C)cccc2s1. The van der Waals surface area contributed by atoms with Crippen LogP contribution in [0.25, 0.3) is 10.2 Å². The van der Waals surface area contributed by atoms with Crippen molar-refractivity contribution in [1.29, 1.82) is 0 Å². The third-order valence-corrected chi connectivity index (χ3v) is 3.53. The quantitative estimate of drug-likeness (QED) is 0.898. The van der Waals surface area contributed by atoms with Gasteiger partial charge in [0.15, 0.2) is 5.13 Å². The fraction of sp³-hybridized carbons (Fsp3) is 0.308. The summed E-state index contributed by atoms with van der Waals surface area (Å²) in [7, 11) is 0. The molecule has 1 aromatic carbocycles. The Hall–Kier alpha value is -1.95. The number of hydrogen-bond donors (Lipinski definition) is 2. The summed E-state index contributed by atoms with van der Waals surface area (Å²) in [5, 5.41) is 5.93. The minimum Gasteiger partial charge on any atom is -0.356 e. The number of nitrogens with zero attached hydrogens (tertiary/aromatic N) is 1. The van der Waals surface area contributed by atoms with E-state index in [-0.39, 0.29) is 18.2 Å². The van der Waals surface area contributed by atoms with Gasteiger partial charge in [-0.1, -0.05) is 23.5 Å². The summed E-state index contributed by atoms with van der Waals surface area (Å²) in [6.07, 6.45) is 0.245. The third kappa shape index (κ3) is 3.51. The van der Waals surface area contributed by atoms with Crippen molar-refractivity contribution in [1.82, 2.24) is 10.3 Å². The molecule has 0 atom stereocenters. The van der Waals surface area contributed by atoms with Gasteiger partial charge in [0.2, 0.25) is 11.8 Å². The number of para-hydroxylation sites is 1. The maximum absolute atomic E-state index is 11.7. The fourth-order valence-corrected chi connectivity index (χ4v) is 2.63. The Balaban J connectivity index is 1.99. The second kappa shape index (κ2) is 5.79. The molecular formula is C13H15N3O2S. The van der Waals surface area contributed by atoms with E-state index in [0.29, 0.717) is 11.7 Å². The lowest BCUT2D eigenvalue weighted by molar-refractivity contribution is -0.119. The van der Waals surface area contributed by atoms with E-state index in [9.17, 15) is 9.59 Å². The fourth-order valence-electron chi connectivity index (χ4n) is 1.67. The predicted molar refractivity (Wildman–Crippen MR) is 76.3 cm³/mol. The molecule has 6 heteroatoms. The van der Waals surface area contributed by atoms with Crippen LogP contribution in [0.4, 0.5) is 5.13 Å². The molecule has 0 unspecified atom stereocenters. The minimum atomic E-state index is -0.148. The van der Waals surface area contributed by atoms with Crippen LogP contribution in [0.2, 0.25) is 0 Å². The van der Waals surface area contributed by atoms with Crippen LogP contribution in [0.1, 0.15) is 18.9 Å². The average molecular weight is 277 g/mol. The van der Waals surface area contributed by atoms with Gasteiger partial charge >= 0.3 is 0 Å². The molecule has 0 aliphatic rings. The van der Waals surface area contributed by atoms with E-state index in [2.05, 4.69) is 15.6 Å². The van der Waals surface area contributed by atoms with E-state index in [4.69, 9.17) is 0 Å². The number of thiazole rings is 1. The molecule has 2 amide bonds. The zero-order valence-corrected chi connectivity index (χ0v) is 11.6. The standard InChI is InChI=1S/C13H15N3O2S/c1-8-4-3-5-10-12(8)16-13(19-10)15-11(18)6-7-14-9(2)17/h3-5H,6-7H2,1-2H3,(H,14,17)(H,15,16,18). The van der Waals surface area contributed by atoms with Gasteiger partial charge in [-0.05, 0) is 18.6 Å². The zero-order valence-electron chi connectivity index (χ0n) is 10.8. The number of rotatable bonds is 4. The Kier molecular flexibility index (Phi) is 4.11. The van der Waals surface area contributed by atoms with Crippen molar-refractivity contribution >= 4 is 38.5 Å². The number of carbonyl (C=O) groups is 2. The van der Waals surface area contributed by atoms with Gasteiger partial charge in [-0.2, -0.15) is 0 Å². The van der Waals surface area contributed by atoms with Crippen molar-refractivity contribution in [3.8, 4) is 0 Å². The minimum absolute atomic E-state index is 0.136. The van der Waals surface area contributed by atoms with E-state index < -0.39 is 0 Å². The van der Waals surface area contributed by atoms with Gasteiger partial charge in [-0.25, -0.2) is 4.98 Å². The van der Waals surface area contributed by atoms with Gasteiger partial charge < -0.3 is 10.6 Å². The van der Waals surface area contributed by atoms with Crippen molar-refractivity contribution < 1.29 is 9.59 Å². The van der Waals surface area contributed by atoms with E-state index in [1.54, 1.807) is 0 Å². The van der Waals surface area contributed by atoms with Crippen molar-refractivity contribution in [2.24, 2.45) is 0 Å². The summed E-state index contributed by atoms with van der Waals surface area (Å²) in [5.41, 5.74) is 2.01. The molecule has 0 aliphatic carbocycles. The van der Waals surface area contributed by atoms with Crippen molar-refractivity contribution in [3.05, 3.63) is 23.8 Å². The molecule has 1 aromatic heterocycles. The Morgan fingerprint density at radius 1 is 1.37 bits per heavy atom. The molecule has 0 fully saturated rings. The highest BCUT2D eigenvalue weighted by Crippen LogP contribution is 2.27. The molecular weight excluding hydrogens is 262 g/mol. The molecule has 0 saturated carbocycles. The van der Waals surface area contributed by atoms with Crippen molar-refractivity contribution in [2.75, 3.05) is 11.9 Å². The first kappa shape index (κ1) is 13.5. The maximum atomic E-state index is 11.7. The molecule has 1 heterocycles.